The number of hydrogen-bond donors (Lipinski definition) is 1. The van der Waals surface area contributed by atoms with Crippen molar-refractivity contribution in [3.8, 4) is 0 Å². The van der Waals surface area contributed by atoms with Gasteiger partial charge in [-0.25, -0.2) is 4.98 Å². The van der Waals surface area contributed by atoms with Gasteiger partial charge in [-0.2, -0.15) is 0 Å². The maximum absolute atomic E-state index is 11.2. The highest BCUT2D eigenvalue weighted by Crippen LogP contribution is 2.17. The molecule has 0 aromatic carbocycles. The number of nitrogens with one attached hydrogen (secondary N) is 1. The predicted octanol–water partition coefficient (Wildman–Crippen LogP) is 1.84. The third-order valence-electron chi connectivity index (χ3n) is 1.72. The maximum Gasteiger partial charge on any atom is 0.322 e. The second-order valence-corrected chi connectivity index (χ2v) is 4.66. The molecule has 84 valence electrons. The monoisotopic (exact) mass is 248 g/mol. The molecule has 0 aliphatic heterocycles. The van der Waals surface area contributed by atoms with Gasteiger partial charge >= 0.3 is 5.97 Å². The molecule has 0 bridgehead atoms. The first-order valence-electron chi connectivity index (χ1n) is 4.63. The van der Waals surface area contributed by atoms with Crippen molar-refractivity contribution in [1.29, 1.82) is 0 Å². The summed E-state index contributed by atoms with van der Waals surface area (Å²) in [4.78, 5) is 15.3. The van der Waals surface area contributed by atoms with Crippen LogP contribution in [0.1, 0.15) is 18.9 Å². The number of ether oxygens (including phenoxy) is 1. The van der Waals surface area contributed by atoms with Crippen LogP contribution < -0.4 is 5.32 Å². The molecule has 0 fully saturated rings. The van der Waals surface area contributed by atoms with Crippen molar-refractivity contribution in [1.82, 2.24) is 10.3 Å². The Labute approximate surface area is 97.6 Å². The first-order valence-corrected chi connectivity index (χ1v) is 5.83. The van der Waals surface area contributed by atoms with Crippen LogP contribution in [0.5, 0.6) is 0 Å². The third kappa shape index (κ3) is 4.15. The topological polar surface area (TPSA) is 51.2 Å². The zero-order valence-corrected chi connectivity index (χ0v) is 10.2. The number of thiazole rings is 1. The van der Waals surface area contributed by atoms with Gasteiger partial charge in [0, 0.05) is 6.54 Å². The van der Waals surface area contributed by atoms with E-state index < -0.39 is 0 Å². The van der Waals surface area contributed by atoms with Gasteiger partial charge in [-0.3, -0.25) is 10.1 Å². The number of aromatic nitrogens is 1. The quantitative estimate of drug-likeness (QED) is 0.808. The number of nitrogens with zero attached hydrogens (tertiary/aromatic N) is 1. The third-order valence-corrected chi connectivity index (χ3v) is 2.84. The maximum atomic E-state index is 11.2. The number of esters is 1. The number of rotatable bonds is 5. The molecular weight excluding hydrogens is 236 g/mol. The second-order valence-electron chi connectivity index (χ2n) is 2.91. The Bertz CT molecular complexity index is 330. The average molecular weight is 249 g/mol. The van der Waals surface area contributed by atoms with E-state index in [9.17, 15) is 4.79 Å². The molecule has 1 N–H and O–H groups in total. The fraction of sp³-hybridized carbons (Fsp3) is 0.556. The molecule has 0 radical (unpaired) electrons. The first-order chi connectivity index (χ1) is 7.13. The molecule has 0 saturated carbocycles. The molecular formula is C9H13ClN2O2S. The smallest absolute Gasteiger partial charge is 0.322 e. The van der Waals surface area contributed by atoms with E-state index in [1.54, 1.807) is 20.0 Å². The Morgan fingerprint density at radius 3 is 3.07 bits per heavy atom. The van der Waals surface area contributed by atoms with Gasteiger partial charge in [0.15, 0.2) is 0 Å². The molecule has 0 saturated heterocycles. The van der Waals surface area contributed by atoms with E-state index in [2.05, 4.69) is 10.3 Å². The van der Waals surface area contributed by atoms with Gasteiger partial charge in [-0.1, -0.05) is 11.6 Å². The van der Waals surface area contributed by atoms with Crippen LogP contribution in [0.3, 0.4) is 0 Å². The van der Waals surface area contributed by atoms with Gasteiger partial charge < -0.3 is 4.74 Å². The molecule has 0 aliphatic carbocycles. The summed E-state index contributed by atoms with van der Waals surface area (Å²) in [6.07, 6.45) is 1.60. The van der Waals surface area contributed by atoms with Crippen LogP contribution in [0.25, 0.3) is 0 Å². The van der Waals surface area contributed by atoms with Gasteiger partial charge in [0.1, 0.15) is 15.4 Å². The largest absolute Gasteiger partial charge is 0.465 e. The molecule has 1 heterocycles. The van der Waals surface area contributed by atoms with Crippen molar-refractivity contribution in [2.45, 2.75) is 26.4 Å². The zero-order chi connectivity index (χ0) is 11.3. The van der Waals surface area contributed by atoms with Crippen LogP contribution in [-0.2, 0) is 16.1 Å². The number of carbonyl (C=O) groups is 1. The van der Waals surface area contributed by atoms with Gasteiger partial charge in [0.05, 0.1) is 12.8 Å². The molecule has 0 amide bonds. The summed E-state index contributed by atoms with van der Waals surface area (Å²) in [5, 5.41) is 3.87. The predicted molar refractivity (Wildman–Crippen MR) is 60.1 cm³/mol. The van der Waals surface area contributed by atoms with E-state index in [0.717, 1.165) is 5.01 Å². The van der Waals surface area contributed by atoms with Crippen LogP contribution in [-0.4, -0.2) is 23.6 Å². The van der Waals surface area contributed by atoms with Crippen LogP contribution in [0.15, 0.2) is 6.20 Å². The molecule has 1 atom stereocenters. The fourth-order valence-corrected chi connectivity index (χ4v) is 1.87. The highest BCUT2D eigenvalue weighted by molar-refractivity contribution is 7.15. The number of carbonyl (C=O) groups excluding carboxylic acids is 1. The van der Waals surface area contributed by atoms with Gasteiger partial charge in [0.25, 0.3) is 0 Å². The lowest BCUT2D eigenvalue weighted by atomic mass is 10.3. The Kier molecular flexibility index (Phi) is 5.01. The molecule has 15 heavy (non-hydrogen) atoms. The molecule has 1 aromatic heterocycles. The van der Waals surface area contributed by atoms with E-state index >= 15 is 0 Å². The minimum atomic E-state index is -0.326. The van der Waals surface area contributed by atoms with Crippen molar-refractivity contribution in [3.05, 3.63) is 15.5 Å². The number of hydrogen-bond acceptors (Lipinski definition) is 5. The van der Waals surface area contributed by atoms with E-state index in [1.165, 1.54) is 11.3 Å². The van der Waals surface area contributed by atoms with E-state index in [0.29, 0.717) is 17.5 Å². The SMILES string of the molecule is CCOC(=O)C(C)NCc1ncc(Cl)s1. The minimum absolute atomic E-state index is 0.250. The standard InChI is InChI=1S/C9H13ClN2O2S/c1-3-14-9(13)6(2)11-5-8-12-4-7(10)15-8/h4,6,11H,3,5H2,1-2H3. The molecule has 0 spiro atoms. The van der Waals surface area contributed by atoms with Crippen molar-refractivity contribution >= 4 is 28.9 Å². The van der Waals surface area contributed by atoms with Gasteiger partial charge in [-0.05, 0) is 13.8 Å². The van der Waals surface area contributed by atoms with Crippen LogP contribution in [0, 0.1) is 0 Å². The summed E-state index contributed by atoms with van der Waals surface area (Å²) < 4.78 is 5.50. The highest BCUT2D eigenvalue weighted by atomic mass is 35.5. The van der Waals surface area contributed by atoms with Gasteiger partial charge in [-0.15, -0.1) is 11.3 Å². The van der Waals surface area contributed by atoms with Crippen molar-refractivity contribution in [3.63, 3.8) is 0 Å². The van der Waals surface area contributed by atoms with Crippen molar-refractivity contribution in [2.75, 3.05) is 6.61 Å². The molecule has 1 rings (SSSR count). The summed E-state index contributed by atoms with van der Waals surface area (Å²) in [7, 11) is 0. The highest BCUT2D eigenvalue weighted by Gasteiger charge is 2.13. The normalized spacial score (nSPS) is 12.5. The fourth-order valence-electron chi connectivity index (χ4n) is 0.961. The van der Waals surface area contributed by atoms with E-state index in [4.69, 9.17) is 16.3 Å². The van der Waals surface area contributed by atoms with Crippen LogP contribution in [0.2, 0.25) is 4.34 Å². The Morgan fingerprint density at radius 1 is 1.80 bits per heavy atom. The summed E-state index contributed by atoms with van der Waals surface area (Å²) in [6, 6.07) is -0.326. The lowest BCUT2D eigenvalue weighted by Crippen LogP contribution is -2.34. The average Bonchev–Trinajstić information content (AvgIpc) is 2.61. The summed E-state index contributed by atoms with van der Waals surface area (Å²) >= 11 is 7.12. The Balaban J connectivity index is 2.33. The summed E-state index contributed by atoms with van der Waals surface area (Å²) in [5.74, 6) is -0.250. The second kappa shape index (κ2) is 6.05. The Morgan fingerprint density at radius 2 is 2.53 bits per heavy atom. The molecule has 1 aromatic rings. The zero-order valence-electron chi connectivity index (χ0n) is 8.62. The lowest BCUT2D eigenvalue weighted by molar-refractivity contribution is -0.145. The summed E-state index contributed by atoms with van der Waals surface area (Å²) in [6.45, 7) is 4.46. The summed E-state index contributed by atoms with van der Waals surface area (Å²) in [5.41, 5.74) is 0. The minimum Gasteiger partial charge on any atom is -0.465 e. The van der Waals surface area contributed by atoms with Gasteiger partial charge in [0.2, 0.25) is 0 Å². The number of halogens is 1. The molecule has 1 unspecified atom stereocenters. The van der Waals surface area contributed by atoms with E-state index in [1.807, 2.05) is 0 Å². The first kappa shape index (κ1) is 12.4. The molecule has 4 nitrogen and oxygen atoms in total. The lowest BCUT2D eigenvalue weighted by Gasteiger charge is -2.10. The molecule has 6 heteroatoms. The Hall–Kier alpha value is -0.650. The van der Waals surface area contributed by atoms with Crippen molar-refractivity contribution < 1.29 is 9.53 Å². The van der Waals surface area contributed by atoms with E-state index in [-0.39, 0.29) is 12.0 Å². The van der Waals surface area contributed by atoms with Crippen LogP contribution >= 0.6 is 22.9 Å². The van der Waals surface area contributed by atoms with Crippen LogP contribution in [0.4, 0.5) is 0 Å². The van der Waals surface area contributed by atoms with Crippen molar-refractivity contribution in [2.24, 2.45) is 0 Å². The molecule has 0 aliphatic rings.